The lowest BCUT2D eigenvalue weighted by Gasteiger charge is -2.16. The molecule has 0 spiro atoms. The van der Waals surface area contributed by atoms with Crippen LogP contribution in [0.2, 0.25) is 0 Å². The van der Waals surface area contributed by atoms with Crippen molar-refractivity contribution < 1.29 is 9.47 Å². The first kappa shape index (κ1) is 22.3. The van der Waals surface area contributed by atoms with Gasteiger partial charge in [-0.05, 0) is 48.5 Å². The Morgan fingerprint density at radius 1 is 0.459 bits per heavy atom. The van der Waals surface area contributed by atoms with Crippen molar-refractivity contribution in [1.82, 2.24) is 4.98 Å². The number of nitrogens with two attached hydrogens (primary N) is 2. The fourth-order valence-corrected chi connectivity index (χ4v) is 4.53. The molecular weight excluding hydrogens is 458 g/mol. The van der Waals surface area contributed by atoms with Crippen molar-refractivity contribution in [2.45, 2.75) is 0 Å². The van der Waals surface area contributed by atoms with Crippen LogP contribution in [0.1, 0.15) is 0 Å². The second-order valence-electron chi connectivity index (χ2n) is 8.69. The van der Waals surface area contributed by atoms with Crippen LogP contribution in [0.15, 0.2) is 121 Å². The Hall–Kier alpha value is -5.16. The van der Waals surface area contributed by atoms with E-state index < -0.39 is 0 Å². The van der Waals surface area contributed by atoms with E-state index in [1.54, 1.807) is 0 Å². The van der Waals surface area contributed by atoms with Crippen LogP contribution in [0.25, 0.3) is 33.3 Å². The third-order valence-electron chi connectivity index (χ3n) is 6.30. The summed E-state index contributed by atoms with van der Waals surface area (Å²) in [5.74, 6) is 2.62. The van der Waals surface area contributed by atoms with Gasteiger partial charge < -0.3 is 25.9 Å². The zero-order chi connectivity index (χ0) is 25.2. The molecular formula is C32H25N3O2. The van der Waals surface area contributed by atoms with Gasteiger partial charge in [-0.1, -0.05) is 72.8 Å². The van der Waals surface area contributed by atoms with Crippen molar-refractivity contribution in [3.63, 3.8) is 0 Å². The highest BCUT2D eigenvalue weighted by Gasteiger charge is 2.21. The standard InChI is InChI=1S/C32H25N3O2/c33-24-14-4-9-19-29(24)36-27-17-7-2-12-22(27)31-21-11-1-6-16-26(21)35-32(31)23-13-3-8-18-28(23)37-30-20-10-5-15-25(30)34/h1-20,35H,33-34H2. The second-order valence-corrected chi connectivity index (χ2v) is 8.69. The van der Waals surface area contributed by atoms with Gasteiger partial charge in [-0.2, -0.15) is 0 Å². The number of rotatable bonds is 6. The molecule has 180 valence electrons. The Bertz CT molecular complexity index is 1720. The maximum absolute atomic E-state index is 6.36. The van der Waals surface area contributed by atoms with E-state index in [2.05, 4.69) is 23.2 Å². The lowest BCUT2D eigenvalue weighted by Crippen LogP contribution is -1.95. The number of aromatic nitrogens is 1. The Kier molecular flexibility index (Phi) is 5.71. The molecule has 6 rings (SSSR count). The van der Waals surface area contributed by atoms with E-state index in [0.717, 1.165) is 33.3 Å². The van der Waals surface area contributed by atoms with Gasteiger partial charge in [-0.25, -0.2) is 0 Å². The van der Waals surface area contributed by atoms with Gasteiger partial charge in [-0.15, -0.1) is 0 Å². The molecule has 1 heterocycles. The molecule has 5 aromatic carbocycles. The van der Waals surface area contributed by atoms with Crippen molar-refractivity contribution >= 4 is 22.3 Å². The second kappa shape index (κ2) is 9.47. The molecule has 6 aromatic rings. The Morgan fingerprint density at radius 2 is 0.919 bits per heavy atom. The number of hydrogen-bond donors (Lipinski definition) is 3. The lowest BCUT2D eigenvalue weighted by molar-refractivity contribution is 0.486. The first-order valence-corrected chi connectivity index (χ1v) is 12.0. The Labute approximate surface area is 214 Å². The van der Waals surface area contributed by atoms with Gasteiger partial charge in [0.25, 0.3) is 0 Å². The van der Waals surface area contributed by atoms with Gasteiger partial charge in [0.05, 0.1) is 17.1 Å². The molecule has 1 aromatic heterocycles. The van der Waals surface area contributed by atoms with E-state index in [0.29, 0.717) is 34.4 Å². The summed E-state index contributed by atoms with van der Waals surface area (Å²) in [6, 6.07) is 39.2. The third kappa shape index (κ3) is 4.23. The van der Waals surface area contributed by atoms with Crippen LogP contribution < -0.4 is 20.9 Å². The fraction of sp³-hybridized carbons (Fsp3) is 0. The van der Waals surface area contributed by atoms with Crippen molar-refractivity contribution in [3.8, 4) is 45.4 Å². The smallest absolute Gasteiger partial charge is 0.150 e. The molecule has 0 unspecified atom stereocenters. The largest absolute Gasteiger partial charge is 0.455 e. The van der Waals surface area contributed by atoms with Crippen LogP contribution in [0, 0.1) is 0 Å². The van der Waals surface area contributed by atoms with Gasteiger partial charge in [0.15, 0.2) is 0 Å². The van der Waals surface area contributed by atoms with Gasteiger partial charge in [0, 0.05) is 27.6 Å². The predicted molar refractivity (Wildman–Crippen MR) is 151 cm³/mol. The third-order valence-corrected chi connectivity index (χ3v) is 6.30. The summed E-state index contributed by atoms with van der Waals surface area (Å²) in [5.41, 5.74) is 18.3. The van der Waals surface area contributed by atoms with E-state index in [-0.39, 0.29) is 0 Å². The van der Waals surface area contributed by atoms with Crippen LogP contribution in [0.4, 0.5) is 11.4 Å². The SMILES string of the molecule is Nc1ccccc1Oc1ccccc1-c1[nH]c2ccccc2c1-c1ccccc1Oc1ccccc1N. The van der Waals surface area contributed by atoms with Crippen LogP contribution in [-0.4, -0.2) is 4.98 Å². The van der Waals surface area contributed by atoms with Crippen LogP contribution >= 0.6 is 0 Å². The number of H-pyrrole nitrogens is 1. The molecule has 0 aliphatic heterocycles. The zero-order valence-electron chi connectivity index (χ0n) is 20.0. The Balaban J connectivity index is 1.54. The van der Waals surface area contributed by atoms with E-state index in [1.807, 2.05) is 103 Å². The average molecular weight is 484 g/mol. The van der Waals surface area contributed by atoms with Crippen molar-refractivity contribution in [3.05, 3.63) is 121 Å². The molecule has 0 radical (unpaired) electrons. The number of hydrogen-bond acceptors (Lipinski definition) is 4. The molecule has 0 aliphatic carbocycles. The van der Waals surface area contributed by atoms with Gasteiger partial charge in [0.1, 0.15) is 23.0 Å². The van der Waals surface area contributed by atoms with E-state index in [1.165, 1.54) is 0 Å². The number of nitrogen functional groups attached to an aromatic ring is 2. The molecule has 5 nitrogen and oxygen atoms in total. The van der Waals surface area contributed by atoms with Gasteiger partial charge in [0.2, 0.25) is 0 Å². The maximum atomic E-state index is 6.36. The molecule has 0 amide bonds. The quantitative estimate of drug-likeness (QED) is 0.208. The molecule has 0 bridgehead atoms. The highest BCUT2D eigenvalue weighted by molar-refractivity contribution is 6.05. The number of nitrogens with one attached hydrogen (secondary N) is 1. The maximum Gasteiger partial charge on any atom is 0.150 e. The van der Waals surface area contributed by atoms with Crippen molar-refractivity contribution in [2.75, 3.05) is 11.5 Å². The van der Waals surface area contributed by atoms with Crippen LogP contribution in [-0.2, 0) is 0 Å². The zero-order valence-corrected chi connectivity index (χ0v) is 20.0. The first-order chi connectivity index (χ1) is 18.2. The summed E-state index contributed by atoms with van der Waals surface area (Å²) in [7, 11) is 0. The number of para-hydroxylation sites is 7. The molecule has 0 atom stereocenters. The molecule has 5 heteroatoms. The number of anilines is 2. The number of ether oxygens (including phenoxy) is 2. The molecule has 0 fully saturated rings. The molecule has 0 saturated heterocycles. The highest BCUT2D eigenvalue weighted by Crippen LogP contribution is 2.46. The summed E-state index contributed by atoms with van der Waals surface area (Å²) >= 11 is 0. The fourth-order valence-electron chi connectivity index (χ4n) is 4.53. The Morgan fingerprint density at radius 3 is 1.54 bits per heavy atom. The molecule has 5 N–H and O–H groups in total. The van der Waals surface area contributed by atoms with Crippen LogP contribution in [0.3, 0.4) is 0 Å². The summed E-state index contributed by atoms with van der Waals surface area (Å²) < 4.78 is 12.7. The molecule has 0 saturated carbocycles. The summed E-state index contributed by atoms with van der Waals surface area (Å²) in [6.45, 7) is 0. The summed E-state index contributed by atoms with van der Waals surface area (Å²) in [6.07, 6.45) is 0. The normalized spacial score (nSPS) is 10.9. The highest BCUT2D eigenvalue weighted by atomic mass is 16.5. The minimum Gasteiger partial charge on any atom is -0.455 e. The predicted octanol–water partition coefficient (Wildman–Crippen LogP) is 8.25. The average Bonchev–Trinajstić information content (AvgIpc) is 3.31. The summed E-state index contributed by atoms with van der Waals surface area (Å²) in [5, 5.41) is 1.07. The number of fused-ring (bicyclic) bond motifs is 1. The molecule has 37 heavy (non-hydrogen) atoms. The minimum absolute atomic E-state index is 0.577. The van der Waals surface area contributed by atoms with Crippen molar-refractivity contribution in [2.24, 2.45) is 0 Å². The van der Waals surface area contributed by atoms with E-state index in [9.17, 15) is 0 Å². The first-order valence-electron chi connectivity index (χ1n) is 12.0. The lowest BCUT2D eigenvalue weighted by atomic mass is 9.97. The van der Waals surface area contributed by atoms with Gasteiger partial charge >= 0.3 is 0 Å². The summed E-state index contributed by atoms with van der Waals surface area (Å²) in [4.78, 5) is 3.63. The molecule has 0 aliphatic rings. The number of aromatic amines is 1. The van der Waals surface area contributed by atoms with E-state index >= 15 is 0 Å². The minimum atomic E-state index is 0.577. The monoisotopic (exact) mass is 483 g/mol. The van der Waals surface area contributed by atoms with Crippen LogP contribution in [0.5, 0.6) is 23.0 Å². The number of benzene rings is 5. The van der Waals surface area contributed by atoms with Crippen molar-refractivity contribution in [1.29, 1.82) is 0 Å². The van der Waals surface area contributed by atoms with E-state index in [4.69, 9.17) is 20.9 Å². The topological polar surface area (TPSA) is 86.3 Å². The van der Waals surface area contributed by atoms with Gasteiger partial charge in [-0.3, -0.25) is 0 Å².